The molecule has 1 aliphatic carbocycles. The molecule has 1 aliphatic heterocycles. The molecule has 0 atom stereocenters. The van der Waals surface area contributed by atoms with Crippen LogP contribution in [0, 0.1) is 5.92 Å². The first-order valence-corrected chi connectivity index (χ1v) is 7.14. The highest BCUT2D eigenvalue weighted by Gasteiger charge is 2.21. The fourth-order valence-electron chi connectivity index (χ4n) is 2.91. The molecule has 0 aromatic carbocycles. The van der Waals surface area contributed by atoms with E-state index in [1.165, 1.54) is 25.7 Å². The number of rotatable bonds is 4. The van der Waals surface area contributed by atoms with E-state index in [1.54, 1.807) is 6.33 Å². The molecule has 0 radical (unpaired) electrons. The second kappa shape index (κ2) is 5.55. The highest BCUT2D eigenvalue weighted by atomic mass is 16.1. The van der Waals surface area contributed by atoms with Crippen LogP contribution in [-0.2, 0) is 4.79 Å². The molecule has 2 fully saturated rings. The van der Waals surface area contributed by atoms with Gasteiger partial charge in [0.15, 0.2) is 5.78 Å². The van der Waals surface area contributed by atoms with E-state index < -0.39 is 0 Å². The van der Waals surface area contributed by atoms with E-state index in [-0.39, 0.29) is 0 Å². The first-order valence-electron chi connectivity index (χ1n) is 7.14. The number of carbonyl (C=O) groups excluding carboxylic acids is 1. The Balaban J connectivity index is 1.60. The van der Waals surface area contributed by atoms with Crippen molar-refractivity contribution in [1.82, 2.24) is 9.97 Å². The second-order valence-corrected chi connectivity index (χ2v) is 5.50. The van der Waals surface area contributed by atoms with Crippen molar-refractivity contribution < 1.29 is 4.79 Å². The summed E-state index contributed by atoms with van der Waals surface area (Å²) in [6.45, 7) is 2.26. The Morgan fingerprint density at radius 1 is 1.32 bits per heavy atom. The molecule has 2 heterocycles. The Bertz CT molecular complexity index is 457. The summed E-state index contributed by atoms with van der Waals surface area (Å²) >= 11 is 0. The summed E-state index contributed by atoms with van der Waals surface area (Å²) in [6, 6.07) is 1.95. The van der Waals surface area contributed by atoms with E-state index in [4.69, 9.17) is 0 Å². The smallest absolute Gasteiger partial charge is 0.153 e. The van der Waals surface area contributed by atoms with Gasteiger partial charge in [0.05, 0.1) is 6.54 Å². The third-order valence-electron chi connectivity index (χ3n) is 4.05. The lowest BCUT2D eigenvalue weighted by atomic mass is 10.1. The zero-order valence-electron chi connectivity index (χ0n) is 11.1. The summed E-state index contributed by atoms with van der Waals surface area (Å²) in [5.74, 6) is 2.80. The quantitative estimate of drug-likeness (QED) is 0.895. The van der Waals surface area contributed by atoms with Crippen LogP contribution in [0.2, 0.25) is 0 Å². The van der Waals surface area contributed by atoms with Gasteiger partial charge in [-0.15, -0.1) is 0 Å². The van der Waals surface area contributed by atoms with E-state index in [9.17, 15) is 4.79 Å². The van der Waals surface area contributed by atoms with Crippen molar-refractivity contribution in [3.8, 4) is 0 Å². The Kier molecular flexibility index (Phi) is 3.62. The van der Waals surface area contributed by atoms with Crippen molar-refractivity contribution in [3.63, 3.8) is 0 Å². The molecule has 3 rings (SSSR count). The molecule has 1 N–H and O–H groups in total. The molecular formula is C14H20N4O. The molecule has 2 aliphatic rings. The maximum atomic E-state index is 11.3. The second-order valence-electron chi connectivity index (χ2n) is 5.50. The van der Waals surface area contributed by atoms with E-state index in [0.717, 1.165) is 30.6 Å². The number of carbonyl (C=O) groups is 1. The number of anilines is 2. The van der Waals surface area contributed by atoms with Crippen LogP contribution in [0.4, 0.5) is 11.6 Å². The van der Waals surface area contributed by atoms with Crippen molar-refractivity contribution >= 4 is 17.4 Å². The summed E-state index contributed by atoms with van der Waals surface area (Å²) in [5, 5.41) is 3.40. The van der Waals surface area contributed by atoms with E-state index in [0.29, 0.717) is 18.7 Å². The molecule has 1 saturated heterocycles. The summed E-state index contributed by atoms with van der Waals surface area (Å²) < 4.78 is 0. The lowest BCUT2D eigenvalue weighted by molar-refractivity contribution is -0.116. The van der Waals surface area contributed by atoms with Crippen molar-refractivity contribution in [2.24, 2.45) is 5.92 Å². The zero-order valence-corrected chi connectivity index (χ0v) is 11.1. The highest BCUT2D eigenvalue weighted by molar-refractivity contribution is 5.86. The Hall–Kier alpha value is -1.65. The topological polar surface area (TPSA) is 58.1 Å². The molecule has 0 amide bonds. The molecule has 0 bridgehead atoms. The number of aromatic nitrogens is 2. The number of hydrogen-bond donors (Lipinski definition) is 1. The lowest BCUT2D eigenvalue weighted by Crippen LogP contribution is -2.21. The van der Waals surface area contributed by atoms with Crippen molar-refractivity contribution in [2.45, 2.75) is 32.1 Å². The van der Waals surface area contributed by atoms with Crippen LogP contribution in [0.5, 0.6) is 0 Å². The van der Waals surface area contributed by atoms with Crippen LogP contribution in [0.1, 0.15) is 32.1 Å². The minimum absolute atomic E-state index is 0.291. The molecule has 5 nitrogen and oxygen atoms in total. The minimum atomic E-state index is 0.291. The molecule has 1 aromatic rings. The molecule has 102 valence electrons. The Morgan fingerprint density at radius 3 is 2.89 bits per heavy atom. The van der Waals surface area contributed by atoms with Crippen LogP contribution in [0.3, 0.4) is 0 Å². The Morgan fingerprint density at radius 2 is 2.16 bits per heavy atom. The maximum Gasteiger partial charge on any atom is 0.153 e. The summed E-state index contributed by atoms with van der Waals surface area (Å²) in [7, 11) is 0. The fourth-order valence-corrected chi connectivity index (χ4v) is 2.91. The standard InChI is InChI=1S/C14H20N4O/c19-12-5-6-18(9-12)14-7-13(16-10-17-14)15-8-11-3-1-2-4-11/h7,10-11H,1-6,8-9H2,(H,15,16,17). The molecular weight excluding hydrogens is 240 g/mol. The van der Waals surface area contributed by atoms with Crippen LogP contribution in [0.15, 0.2) is 12.4 Å². The van der Waals surface area contributed by atoms with Gasteiger partial charge in [0.25, 0.3) is 0 Å². The minimum Gasteiger partial charge on any atom is -0.370 e. The van der Waals surface area contributed by atoms with Crippen molar-refractivity contribution in [3.05, 3.63) is 12.4 Å². The van der Waals surface area contributed by atoms with Gasteiger partial charge in [-0.1, -0.05) is 12.8 Å². The number of Topliss-reactive ketones (excluding diaryl/α,β-unsaturated/α-hetero) is 1. The summed E-state index contributed by atoms with van der Waals surface area (Å²) in [6.07, 6.45) is 7.58. The molecule has 1 saturated carbocycles. The van der Waals surface area contributed by atoms with E-state index in [2.05, 4.69) is 15.3 Å². The SMILES string of the molecule is O=C1CCN(c2cc(NCC3CCCC3)ncn2)C1. The molecule has 19 heavy (non-hydrogen) atoms. The number of hydrogen-bond acceptors (Lipinski definition) is 5. The van der Waals surface area contributed by atoms with Gasteiger partial charge >= 0.3 is 0 Å². The number of nitrogens with one attached hydrogen (secondary N) is 1. The average molecular weight is 260 g/mol. The number of nitrogens with zero attached hydrogens (tertiary/aromatic N) is 3. The van der Waals surface area contributed by atoms with Crippen LogP contribution in [-0.4, -0.2) is 35.4 Å². The average Bonchev–Trinajstić information content (AvgIpc) is 3.08. The van der Waals surface area contributed by atoms with E-state index >= 15 is 0 Å². The van der Waals surface area contributed by atoms with Crippen LogP contribution >= 0.6 is 0 Å². The van der Waals surface area contributed by atoms with Gasteiger partial charge < -0.3 is 10.2 Å². The third-order valence-corrected chi connectivity index (χ3v) is 4.05. The van der Waals surface area contributed by atoms with Gasteiger partial charge in [-0.2, -0.15) is 0 Å². The first-order chi connectivity index (χ1) is 9.31. The predicted molar refractivity (Wildman–Crippen MR) is 74.3 cm³/mol. The van der Waals surface area contributed by atoms with Crippen LogP contribution < -0.4 is 10.2 Å². The van der Waals surface area contributed by atoms with Crippen molar-refractivity contribution in [1.29, 1.82) is 0 Å². The lowest BCUT2D eigenvalue weighted by Gasteiger charge is -2.16. The first kappa shape index (κ1) is 12.4. The van der Waals surface area contributed by atoms with Gasteiger partial charge in [0, 0.05) is 25.6 Å². The molecule has 0 spiro atoms. The zero-order chi connectivity index (χ0) is 13.1. The molecule has 5 heteroatoms. The Labute approximate surface area is 113 Å². The largest absolute Gasteiger partial charge is 0.370 e. The summed E-state index contributed by atoms with van der Waals surface area (Å²) in [5.41, 5.74) is 0. The van der Waals surface area contributed by atoms with Gasteiger partial charge in [-0.25, -0.2) is 9.97 Å². The molecule has 0 unspecified atom stereocenters. The van der Waals surface area contributed by atoms with Gasteiger partial charge in [-0.05, 0) is 18.8 Å². The van der Waals surface area contributed by atoms with Gasteiger partial charge in [0.1, 0.15) is 18.0 Å². The predicted octanol–water partition coefficient (Wildman–Crippen LogP) is 1.86. The van der Waals surface area contributed by atoms with Gasteiger partial charge in [0.2, 0.25) is 0 Å². The summed E-state index contributed by atoms with van der Waals surface area (Å²) in [4.78, 5) is 21.8. The normalized spacial score (nSPS) is 20.2. The van der Waals surface area contributed by atoms with Gasteiger partial charge in [-0.3, -0.25) is 4.79 Å². The highest BCUT2D eigenvalue weighted by Crippen LogP contribution is 2.25. The maximum absolute atomic E-state index is 11.3. The monoisotopic (exact) mass is 260 g/mol. The third kappa shape index (κ3) is 3.03. The fraction of sp³-hybridized carbons (Fsp3) is 0.643. The van der Waals surface area contributed by atoms with E-state index in [1.807, 2.05) is 11.0 Å². The van der Waals surface area contributed by atoms with Crippen molar-refractivity contribution in [2.75, 3.05) is 29.9 Å². The number of ketones is 1. The molecule has 1 aromatic heterocycles. The van der Waals surface area contributed by atoms with Crippen LogP contribution in [0.25, 0.3) is 0 Å².